The summed E-state index contributed by atoms with van der Waals surface area (Å²) in [5, 5.41) is 13.3. The number of aryl methyl sites for hydroxylation is 1. The summed E-state index contributed by atoms with van der Waals surface area (Å²) in [6.45, 7) is 4.22. The van der Waals surface area contributed by atoms with E-state index in [0.717, 1.165) is 16.8 Å². The Labute approximate surface area is 150 Å². The van der Waals surface area contributed by atoms with Gasteiger partial charge in [-0.3, -0.25) is 5.10 Å². The van der Waals surface area contributed by atoms with Crippen molar-refractivity contribution in [3.63, 3.8) is 0 Å². The number of hydrogen-bond donors (Lipinski definition) is 4. The summed E-state index contributed by atoms with van der Waals surface area (Å²) in [7, 11) is -3.43. The third kappa shape index (κ3) is 3.00. The molecule has 0 bridgehead atoms. The Morgan fingerprint density at radius 3 is 2.77 bits per heavy atom. The minimum Gasteiger partial charge on any atom is -0.324 e. The number of hydrogen-bond acceptors (Lipinski definition) is 7. The van der Waals surface area contributed by atoms with Gasteiger partial charge in [-0.1, -0.05) is 6.07 Å². The molecular weight excluding hydrogens is 354 g/mol. The Balaban J connectivity index is 1.57. The maximum atomic E-state index is 12.0. The molecule has 0 aliphatic carbocycles. The summed E-state index contributed by atoms with van der Waals surface area (Å²) in [5.41, 5.74) is 3.33. The van der Waals surface area contributed by atoms with Gasteiger partial charge in [-0.15, -0.1) is 0 Å². The highest BCUT2D eigenvalue weighted by molar-refractivity contribution is 7.89. The zero-order chi connectivity index (χ0) is 18.3. The summed E-state index contributed by atoms with van der Waals surface area (Å²) >= 11 is 0. The smallest absolute Gasteiger partial charge is 0.241 e. The van der Waals surface area contributed by atoms with Crippen molar-refractivity contribution in [1.29, 1.82) is 0 Å². The maximum absolute atomic E-state index is 12.0. The second-order valence-electron chi connectivity index (χ2n) is 5.98. The first-order chi connectivity index (χ1) is 12.4. The van der Waals surface area contributed by atoms with Gasteiger partial charge >= 0.3 is 0 Å². The number of nitrogens with one attached hydrogen (secondary N) is 4. The first-order valence-electron chi connectivity index (χ1n) is 7.93. The lowest BCUT2D eigenvalue weighted by atomic mass is 10.2. The van der Waals surface area contributed by atoms with Crippen molar-refractivity contribution >= 4 is 33.3 Å². The predicted molar refractivity (Wildman–Crippen MR) is 97.1 cm³/mol. The lowest BCUT2D eigenvalue weighted by Gasteiger charge is -2.08. The number of fused-ring (bicyclic) bond motifs is 1. The van der Waals surface area contributed by atoms with Crippen molar-refractivity contribution in [2.45, 2.75) is 25.3 Å². The molecule has 0 radical (unpaired) electrons. The Morgan fingerprint density at radius 2 is 2.00 bits per heavy atom. The van der Waals surface area contributed by atoms with Crippen molar-refractivity contribution < 1.29 is 8.42 Å². The zero-order valence-electron chi connectivity index (χ0n) is 14.2. The molecule has 0 atom stereocenters. The van der Waals surface area contributed by atoms with Gasteiger partial charge in [0.2, 0.25) is 16.0 Å². The molecule has 3 aromatic rings. The fraction of sp³-hybridized carbons (Fsp3) is 0.188. The standard InChI is InChI=1S/C16H17N7O2S/c1-9-10(2)22-23-15(9)20-14-5-6-17-16(21-14)19-12-4-3-11-8-18-26(24,25)13(11)7-12/h3-7,18H,8H2,1-2H3,(H3,17,19,20,21,22,23). The normalized spacial score (nSPS) is 14.8. The lowest BCUT2D eigenvalue weighted by Crippen LogP contribution is -2.13. The molecule has 10 heteroatoms. The number of aromatic amines is 1. The molecule has 0 spiro atoms. The van der Waals surface area contributed by atoms with Crippen LogP contribution in [0.25, 0.3) is 0 Å². The van der Waals surface area contributed by atoms with Gasteiger partial charge in [0, 0.05) is 29.7 Å². The fourth-order valence-corrected chi connectivity index (χ4v) is 3.89. The highest BCUT2D eigenvalue weighted by Gasteiger charge is 2.25. The van der Waals surface area contributed by atoms with Crippen molar-refractivity contribution in [3.8, 4) is 0 Å². The molecule has 134 valence electrons. The van der Waals surface area contributed by atoms with Crippen LogP contribution in [0.15, 0.2) is 35.4 Å². The van der Waals surface area contributed by atoms with Crippen LogP contribution in [0.2, 0.25) is 0 Å². The van der Waals surface area contributed by atoms with E-state index >= 15 is 0 Å². The summed E-state index contributed by atoms with van der Waals surface area (Å²) in [4.78, 5) is 8.85. The zero-order valence-corrected chi connectivity index (χ0v) is 15.0. The first-order valence-corrected chi connectivity index (χ1v) is 9.42. The van der Waals surface area contributed by atoms with Crippen LogP contribution in [0.3, 0.4) is 0 Å². The van der Waals surface area contributed by atoms with Crippen LogP contribution in [-0.4, -0.2) is 28.6 Å². The number of rotatable bonds is 4. The van der Waals surface area contributed by atoms with Crippen molar-refractivity contribution in [2.24, 2.45) is 0 Å². The lowest BCUT2D eigenvalue weighted by molar-refractivity contribution is 0.589. The van der Waals surface area contributed by atoms with Gasteiger partial charge in [0.15, 0.2) is 5.82 Å². The predicted octanol–water partition coefficient (Wildman–Crippen LogP) is 2.10. The van der Waals surface area contributed by atoms with Crippen LogP contribution in [0.4, 0.5) is 23.3 Å². The van der Waals surface area contributed by atoms with Crippen LogP contribution >= 0.6 is 0 Å². The van der Waals surface area contributed by atoms with Gasteiger partial charge in [-0.25, -0.2) is 18.1 Å². The SMILES string of the molecule is Cc1[nH]nc(Nc2ccnc(Nc3ccc4c(c3)S(=O)(=O)NC4)n2)c1C. The maximum Gasteiger partial charge on any atom is 0.241 e. The minimum absolute atomic E-state index is 0.277. The molecule has 0 amide bonds. The molecule has 0 saturated carbocycles. The van der Waals surface area contributed by atoms with E-state index in [1.165, 1.54) is 0 Å². The van der Waals surface area contributed by atoms with Crippen LogP contribution in [0.5, 0.6) is 0 Å². The van der Waals surface area contributed by atoms with E-state index in [-0.39, 0.29) is 4.90 Å². The van der Waals surface area contributed by atoms with Gasteiger partial charge in [-0.05, 0) is 37.6 Å². The Kier molecular flexibility index (Phi) is 3.85. The highest BCUT2D eigenvalue weighted by atomic mass is 32.2. The first kappa shape index (κ1) is 16.5. The van der Waals surface area contributed by atoms with Crippen molar-refractivity contribution in [1.82, 2.24) is 24.9 Å². The van der Waals surface area contributed by atoms with E-state index in [9.17, 15) is 8.42 Å². The molecule has 9 nitrogen and oxygen atoms in total. The van der Waals surface area contributed by atoms with Gasteiger partial charge in [0.1, 0.15) is 5.82 Å². The molecule has 4 N–H and O–H groups in total. The largest absolute Gasteiger partial charge is 0.324 e. The van der Waals surface area contributed by atoms with Crippen LogP contribution in [0.1, 0.15) is 16.8 Å². The molecule has 0 fully saturated rings. The number of sulfonamides is 1. The topological polar surface area (TPSA) is 125 Å². The summed E-state index contributed by atoms with van der Waals surface area (Å²) in [6.07, 6.45) is 1.61. The third-order valence-electron chi connectivity index (χ3n) is 4.22. The highest BCUT2D eigenvalue weighted by Crippen LogP contribution is 2.27. The third-order valence-corrected chi connectivity index (χ3v) is 5.70. The van der Waals surface area contributed by atoms with Crippen LogP contribution in [0, 0.1) is 13.8 Å². The van der Waals surface area contributed by atoms with E-state index in [0.29, 0.717) is 29.8 Å². The molecule has 4 rings (SSSR count). The van der Waals surface area contributed by atoms with E-state index in [4.69, 9.17) is 0 Å². The average Bonchev–Trinajstić information content (AvgIpc) is 3.09. The monoisotopic (exact) mass is 371 g/mol. The molecule has 2 aromatic heterocycles. The van der Waals surface area contributed by atoms with Gasteiger partial charge in [0.25, 0.3) is 0 Å². The number of benzene rings is 1. The summed E-state index contributed by atoms with van der Waals surface area (Å²) < 4.78 is 26.4. The van der Waals surface area contributed by atoms with E-state index in [1.54, 1.807) is 30.5 Å². The van der Waals surface area contributed by atoms with E-state index in [1.807, 2.05) is 13.8 Å². The molecule has 1 aromatic carbocycles. The Hall–Kier alpha value is -2.98. The molecule has 3 heterocycles. The van der Waals surface area contributed by atoms with E-state index in [2.05, 4.69) is 35.5 Å². The van der Waals surface area contributed by atoms with Crippen LogP contribution < -0.4 is 15.4 Å². The molecule has 0 saturated heterocycles. The number of nitrogens with zero attached hydrogens (tertiary/aromatic N) is 3. The van der Waals surface area contributed by atoms with Crippen molar-refractivity contribution in [2.75, 3.05) is 10.6 Å². The molecule has 1 aliphatic rings. The quantitative estimate of drug-likeness (QED) is 0.553. The van der Waals surface area contributed by atoms with Gasteiger partial charge < -0.3 is 10.6 Å². The van der Waals surface area contributed by atoms with Crippen molar-refractivity contribution in [3.05, 3.63) is 47.3 Å². The minimum atomic E-state index is -3.43. The molecule has 0 unspecified atom stereocenters. The Morgan fingerprint density at radius 1 is 1.15 bits per heavy atom. The summed E-state index contributed by atoms with van der Waals surface area (Å²) in [6, 6.07) is 6.88. The van der Waals surface area contributed by atoms with E-state index < -0.39 is 10.0 Å². The fourth-order valence-electron chi connectivity index (χ4n) is 2.62. The number of H-pyrrole nitrogens is 1. The number of aromatic nitrogens is 4. The molecular formula is C16H17N7O2S. The molecule has 26 heavy (non-hydrogen) atoms. The number of anilines is 4. The second kappa shape index (κ2) is 6.07. The van der Waals surface area contributed by atoms with Gasteiger partial charge in [0.05, 0.1) is 4.90 Å². The van der Waals surface area contributed by atoms with Gasteiger partial charge in [-0.2, -0.15) is 10.1 Å². The Bertz CT molecular complexity index is 1090. The van der Waals surface area contributed by atoms with Crippen LogP contribution in [-0.2, 0) is 16.6 Å². The summed E-state index contributed by atoms with van der Waals surface area (Å²) in [5.74, 6) is 1.62. The molecule has 1 aliphatic heterocycles. The second-order valence-corrected chi connectivity index (χ2v) is 7.72. The average molecular weight is 371 g/mol.